The van der Waals surface area contributed by atoms with Crippen molar-refractivity contribution in [3.05, 3.63) is 0 Å². The lowest BCUT2D eigenvalue weighted by Crippen LogP contribution is -2.45. The van der Waals surface area contributed by atoms with Crippen molar-refractivity contribution in [1.82, 2.24) is 5.32 Å². The largest absolute Gasteiger partial charge is 0.381 e. The van der Waals surface area contributed by atoms with Gasteiger partial charge >= 0.3 is 0 Å². The predicted octanol–water partition coefficient (Wildman–Crippen LogP) is 0.903. The van der Waals surface area contributed by atoms with E-state index < -0.39 is 0 Å². The Morgan fingerprint density at radius 2 is 2.31 bits per heavy atom. The number of nitrogens with one attached hydrogen (secondary N) is 1. The maximum atomic E-state index is 11.9. The van der Waals surface area contributed by atoms with Crippen molar-refractivity contribution in [1.29, 1.82) is 0 Å². The monoisotopic (exact) mass is 228 g/mol. The first-order valence-electron chi connectivity index (χ1n) is 6.21. The minimum Gasteiger partial charge on any atom is -0.381 e. The molecular weight excluding hydrogens is 204 g/mol. The summed E-state index contributed by atoms with van der Waals surface area (Å²) in [6.07, 6.45) is 2.86. The third-order valence-corrected chi connectivity index (χ3v) is 2.92. The van der Waals surface area contributed by atoms with Crippen molar-refractivity contribution in [2.75, 3.05) is 19.8 Å². The minimum atomic E-state index is 0.0231. The van der Waals surface area contributed by atoms with E-state index in [0.717, 1.165) is 25.9 Å². The molecule has 1 heterocycles. The lowest BCUT2D eigenvalue weighted by atomic mass is 9.99. The van der Waals surface area contributed by atoms with Crippen LogP contribution in [-0.2, 0) is 9.53 Å². The van der Waals surface area contributed by atoms with Crippen molar-refractivity contribution < 1.29 is 9.53 Å². The van der Waals surface area contributed by atoms with Gasteiger partial charge in [-0.25, -0.2) is 0 Å². The molecule has 0 radical (unpaired) electrons. The fourth-order valence-corrected chi connectivity index (χ4v) is 2.05. The summed E-state index contributed by atoms with van der Waals surface area (Å²) in [5.74, 6) is 0.683. The van der Waals surface area contributed by atoms with Gasteiger partial charge in [0.15, 0.2) is 0 Å². The Morgan fingerprint density at radius 3 is 2.81 bits per heavy atom. The lowest BCUT2D eigenvalue weighted by molar-refractivity contribution is -0.129. The molecule has 1 saturated heterocycles. The third kappa shape index (κ3) is 4.49. The van der Waals surface area contributed by atoms with Gasteiger partial charge < -0.3 is 15.8 Å². The molecule has 2 atom stereocenters. The van der Waals surface area contributed by atoms with Gasteiger partial charge in [-0.15, -0.1) is 0 Å². The molecule has 1 aliphatic heterocycles. The van der Waals surface area contributed by atoms with Crippen LogP contribution in [0.2, 0.25) is 0 Å². The van der Waals surface area contributed by atoms with Crippen LogP contribution in [0.15, 0.2) is 0 Å². The van der Waals surface area contributed by atoms with E-state index in [4.69, 9.17) is 10.5 Å². The number of hydrogen-bond donors (Lipinski definition) is 2. The molecule has 0 spiro atoms. The summed E-state index contributed by atoms with van der Waals surface area (Å²) < 4.78 is 5.31. The van der Waals surface area contributed by atoms with Gasteiger partial charge in [0.25, 0.3) is 0 Å². The van der Waals surface area contributed by atoms with Gasteiger partial charge in [-0.3, -0.25) is 4.79 Å². The fraction of sp³-hybridized carbons (Fsp3) is 0.917. The molecule has 4 heteroatoms. The standard InChI is InChI=1S/C12H24N2O2/c1-9(2)6-11(7-13)14-12(15)10-4-3-5-16-8-10/h9-11H,3-8,13H2,1-2H3,(H,14,15). The van der Waals surface area contributed by atoms with Crippen LogP contribution >= 0.6 is 0 Å². The van der Waals surface area contributed by atoms with Gasteiger partial charge in [0, 0.05) is 19.2 Å². The van der Waals surface area contributed by atoms with Crippen molar-refractivity contribution in [3.63, 3.8) is 0 Å². The Balaban J connectivity index is 2.35. The third-order valence-electron chi connectivity index (χ3n) is 2.92. The maximum absolute atomic E-state index is 11.9. The zero-order valence-electron chi connectivity index (χ0n) is 10.4. The van der Waals surface area contributed by atoms with Crippen LogP contribution in [0.25, 0.3) is 0 Å². The SMILES string of the molecule is CC(C)CC(CN)NC(=O)C1CCCOC1. The molecule has 1 amide bonds. The smallest absolute Gasteiger partial charge is 0.225 e. The molecule has 1 fully saturated rings. The first kappa shape index (κ1) is 13.5. The normalized spacial score (nSPS) is 23.1. The molecule has 0 saturated carbocycles. The Labute approximate surface area is 97.9 Å². The summed E-state index contributed by atoms with van der Waals surface area (Å²) in [6, 6.07) is 0.106. The van der Waals surface area contributed by atoms with Crippen LogP contribution in [0.5, 0.6) is 0 Å². The molecule has 0 aromatic carbocycles. The molecule has 94 valence electrons. The zero-order valence-corrected chi connectivity index (χ0v) is 10.4. The van der Waals surface area contributed by atoms with Gasteiger partial charge in [0.05, 0.1) is 12.5 Å². The first-order chi connectivity index (χ1) is 7.63. The summed E-state index contributed by atoms with van der Waals surface area (Å²) in [6.45, 7) is 6.13. The minimum absolute atomic E-state index is 0.0231. The van der Waals surface area contributed by atoms with Crippen LogP contribution < -0.4 is 11.1 Å². The van der Waals surface area contributed by atoms with Crippen molar-refractivity contribution in [2.24, 2.45) is 17.6 Å². The van der Waals surface area contributed by atoms with Gasteiger partial charge in [0.1, 0.15) is 0 Å². The highest BCUT2D eigenvalue weighted by Crippen LogP contribution is 2.14. The van der Waals surface area contributed by atoms with Crippen molar-refractivity contribution in [2.45, 2.75) is 39.2 Å². The molecule has 2 unspecified atom stereocenters. The molecule has 0 aromatic heterocycles. The van der Waals surface area contributed by atoms with Crippen LogP contribution in [0.3, 0.4) is 0 Å². The summed E-state index contributed by atoms with van der Waals surface area (Å²) in [7, 11) is 0. The zero-order chi connectivity index (χ0) is 12.0. The van der Waals surface area contributed by atoms with Gasteiger partial charge in [-0.1, -0.05) is 13.8 Å². The van der Waals surface area contributed by atoms with Gasteiger partial charge in [0.2, 0.25) is 5.91 Å². The molecule has 1 aliphatic rings. The molecule has 0 aliphatic carbocycles. The van der Waals surface area contributed by atoms with E-state index in [9.17, 15) is 4.79 Å². The van der Waals surface area contributed by atoms with E-state index in [1.807, 2.05) is 0 Å². The molecule has 0 aromatic rings. The second-order valence-electron chi connectivity index (χ2n) is 4.98. The predicted molar refractivity (Wildman–Crippen MR) is 64.0 cm³/mol. The summed E-state index contributed by atoms with van der Waals surface area (Å²) in [5.41, 5.74) is 5.65. The van der Waals surface area contributed by atoms with E-state index in [-0.39, 0.29) is 17.9 Å². The van der Waals surface area contributed by atoms with E-state index in [0.29, 0.717) is 19.1 Å². The van der Waals surface area contributed by atoms with Crippen LogP contribution in [0.4, 0.5) is 0 Å². The molecule has 4 nitrogen and oxygen atoms in total. The molecular formula is C12H24N2O2. The number of ether oxygens (including phenoxy) is 1. The highest BCUT2D eigenvalue weighted by Gasteiger charge is 2.23. The van der Waals surface area contributed by atoms with Crippen molar-refractivity contribution in [3.8, 4) is 0 Å². The quantitative estimate of drug-likeness (QED) is 0.735. The Bertz CT molecular complexity index is 213. The van der Waals surface area contributed by atoms with Crippen LogP contribution in [0.1, 0.15) is 33.1 Å². The number of nitrogens with two attached hydrogens (primary N) is 1. The Morgan fingerprint density at radius 1 is 1.56 bits per heavy atom. The first-order valence-corrected chi connectivity index (χ1v) is 6.21. The molecule has 16 heavy (non-hydrogen) atoms. The molecule has 0 bridgehead atoms. The lowest BCUT2D eigenvalue weighted by Gasteiger charge is -2.25. The summed E-state index contributed by atoms with van der Waals surface area (Å²) >= 11 is 0. The van der Waals surface area contributed by atoms with Crippen LogP contribution in [0, 0.1) is 11.8 Å². The van der Waals surface area contributed by atoms with E-state index in [1.165, 1.54) is 0 Å². The highest BCUT2D eigenvalue weighted by molar-refractivity contribution is 5.79. The van der Waals surface area contributed by atoms with Crippen molar-refractivity contribution >= 4 is 5.91 Å². The number of carbonyl (C=O) groups is 1. The highest BCUT2D eigenvalue weighted by atomic mass is 16.5. The number of rotatable bonds is 5. The molecule has 1 rings (SSSR count). The molecule has 3 N–H and O–H groups in total. The van der Waals surface area contributed by atoms with E-state index in [1.54, 1.807) is 0 Å². The van der Waals surface area contributed by atoms with Crippen LogP contribution in [-0.4, -0.2) is 31.7 Å². The average molecular weight is 228 g/mol. The average Bonchev–Trinajstić information content (AvgIpc) is 2.28. The van der Waals surface area contributed by atoms with Gasteiger partial charge in [-0.2, -0.15) is 0 Å². The topological polar surface area (TPSA) is 64.3 Å². The number of carbonyl (C=O) groups excluding carboxylic acids is 1. The second kappa shape index (κ2) is 6.86. The summed E-state index contributed by atoms with van der Waals surface area (Å²) in [4.78, 5) is 11.9. The van der Waals surface area contributed by atoms with Gasteiger partial charge in [-0.05, 0) is 25.2 Å². The summed E-state index contributed by atoms with van der Waals surface area (Å²) in [5, 5.41) is 3.02. The van der Waals surface area contributed by atoms with E-state index in [2.05, 4.69) is 19.2 Å². The second-order valence-corrected chi connectivity index (χ2v) is 4.98. The fourth-order valence-electron chi connectivity index (χ4n) is 2.05. The van der Waals surface area contributed by atoms with E-state index >= 15 is 0 Å². The Hall–Kier alpha value is -0.610. The number of hydrogen-bond acceptors (Lipinski definition) is 3. The maximum Gasteiger partial charge on any atom is 0.225 e. The Kier molecular flexibility index (Phi) is 5.77. The number of amides is 1.